The lowest BCUT2D eigenvalue weighted by molar-refractivity contribution is -0.0269. The van der Waals surface area contributed by atoms with Crippen molar-refractivity contribution in [3.05, 3.63) is 42.0 Å². The Kier molecular flexibility index (Phi) is 5.53. The molecule has 1 atom stereocenters. The highest BCUT2D eigenvalue weighted by Gasteiger charge is 2.24. The van der Waals surface area contributed by atoms with Crippen molar-refractivity contribution in [3.8, 4) is 0 Å². The second-order valence-electron chi connectivity index (χ2n) is 5.66. The second kappa shape index (κ2) is 7.38. The van der Waals surface area contributed by atoms with Crippen LogP contribution in [0.15, 0.2) is 30.8 Å². The molecule has 114 valence electrons. The van der Waals surface area contributed by atoms with Crippen molar-refractivity contribution < 1.29 is 9.53 Å². The molecule has 0 bridgehead atoms. The van der Waals surface area contributed by atoms with Crippen LogP contribution in [0.5, 0.6) is 0 Å². The fourth-order valence-corrected chi connectivity index (χ4v) is 2.42. The van der Waals surface area contributed by atoms with Gasteiger partial charge in [-0.1, -0.05) is 24.8 Å². The highest BCUT2D eigenvalue weighted by molar-refractivity contribution is 5.94. The number of rotatable bonds is 5. The number of carbonyl (C=O) groups is 1. The Labute approximate surface area is 127 Å². The van der Waals surface area contributed by atoms with Crippen LogP contribution in [0.3, 0.4) is 0 Å². The Bertz CT molecular complexity index is 482. The van der Waals surface area contributed by atoms with Crippen LogP contribution in [-0.2, 0) is 4.74 Å². The molecule has 1 aromatic carbocycles. The molecule has 1 saturated heterocycles. The van der Waals surface area contributed by atoms with Crippen LogP contribution in [0.1, 0.15) is 22.3 Å². The number of ether oxygens (including phenoxy) is 1. The minimum absolute atomic E-state index is 0.0868. The summed E-state index contributed by atoms with van der Waals surface area (Å²) in [6.07, 6.45) is 2.87. The molecule has 1 aromatic rings. The molecule has 0 N–H and O–H groups in total. The number of hydrogen-bond acceptors (Lipinski definition) is 3. The maximum atomic E-state index is 12.5. The molecule has 0 spiro atoms. The Balaban J connectivity index is 1.96. The third-order valence-corrected chi connectivity index (χ3v) is 3.72. The summed E-state index contributed by atoms with van der Waals surface area (Å²) in [5.41, 5.74) is 1.76. The van der Waals surface area contributed by atoms with Gasteiger partial charge in [-0.15, -0.1) is 0 Å². The molecular formula is C17H24N2O2. The number of carbonyl (C=O) groups excluding carboxylic acids is 1. The summed E-state index contributed by atoms with van der Waals surface area (Å²) >= 11 is 0. The van der Waals surface area contributed by atoms with E-state index in [1.807, 2.05) is 43.3 Å². The number of morpholine rings is 1. The van der Waals surface area contributed by atoms with Gasteiger partial charge in [0.25, 0.3) is 5.91 Å². The van der Waals surface area contributed by atoms with Gasteiger partial charge in [-0.3, -0.25) is 4.79 Å². The van der Waals surface area contributed by atoms with Crippen LogP contribution in [0.2, 0.25) is 0 Å². The maximum absolute atomic E-state index is 12.5. The average molecular weight is 288 g/mol. The smallest absolute Gasteiger partial charge is 0.254 e. The fourth-order valence-electron chi connectivity index (χ4n) is 2.42. The molecule has 0 saturated carbocycles. The lowest BCUT2D eigenvalue weighted by atomic mass is 10.1. The van der Waals surface area contributed by atoms with E-state index in [1.165, 1.54) is 0 Å². The van der Waals surface area contributed by atoms with Crippen molar-refractivity contribution in [2.45, 2.75) is 12.5 Å². The molecule has 1 aliphatic rings. The topological polar surface area (TPSA) is 32.8 Å². The van der Waals surface area contributed by atoms with Gasteiger partial charge in [-0.05, 0) is 38.2 Å². The molecule has 1 amide bonds. The summed E-state index contributed by atoms with van der Waals surface area (Å²) in [5, 5.41) is 0. The van der Waals surface area contributed by atoms with Crippen LogP contribution < -0.4 is 0 Å². The predicted octanol–water partition coefficient (Wildman–Crippen LogP) is 2.12. The number of amides is 1. The van der Waals surface area contributed by atoms with E-state index in [9.17, 15) is 4.79 Å². The Morgan fingerprint density at radius 2 is 2.14 bits per heavy atom. The van der Waals surface area contributed by atoms with Crippen molar-refractivity contribution in [2.24, 2.45) is 0 Å². The van der Waals surface area contributed by atoms with Crippen molar-refractivity contribution in [2.75, 3.05) is 40.3 Å². The highest BCUT2D eigenvalue weighted by Crippen LogP contribution is 2.14. The van der Waals surface area contributed by atoms with Gasteiger partial charge in [-0.2, -0.15) is 0 Å². The van der Waals surface area contributed by atoms with E-state index in [0.717, 1.165) is 24.1 Å². The lowest BCUT2D eigenvalue weighted by Gasteiger charge is -2.33. The molecule has 4 heteroatoms. The van der Waals surface area contributed by atoms with Crippen molar-refractivity contribution in [1.82, 2.24) is 9.80 Å². The minimum atomic E-state index is 0.0868. The van der Waals surface area contributed by atoms with Crippen LogP contribution in [-0.4, -0.2) is 62.1 Å². The number of nitrogens with zero attached hydrogens (tertiary/aromatic N) is 2. The zero-order valence-electron chi connectivity index (χ0n) is 12.9. The molecule has 0 unspecified atom stereocenters. The minimum Gasteiger partial charge on any atom is -0.374 e. The molecule has 1 heterocycles. The van der Waals surface area contributed by atoms with Gasteiger partial charge in [0.2, 0.25) is 0 Å². The molecule has 4 nitrogen and oxygen atoms in total. The van der Waals surface area contributed by atoms with Gasteiger partial charge in [0, 0.05) is 25.2 Å². The van der Waals surface area contributed by atoms with E-state index in [1.54, 1.807) is 6.08 Å². The number of benzene rings is 1. The van der Waals surface area contributed by atoms with Crippen LogP contribution in [0.25, 0.3) is 6.08 Å². The Morgan fingerprint density at radius 3 is 2.76 bits per heavy atom. The molecule has 21 heavy (non-hydrogen) atoms. The number of hydrogen-bond donors (Lipinski definition) is 0. The Morgan fingerprint density at radius 1 is 1.43 bits per heavy atom. The van der Waals surface area contributed by atoms with E-state index in [0.29, 0.717) is 19.7 Å². The highest BCUT2D eigenvalue weighted by atomic mass is 16.5. The first-order valence-electron chi connectivity index (χ1n) is 7.38. The van der Waals surface area contributed by atoms with Gasteiger partial charge in [0.15, 0.2) is 0 Å². The van der Waals surface area contributed by atoms with Crippen molar-refractivity contribution in [3.63, 3.8) is 0 Å². The van der Waals surface area contributed by atoms with Gasteiger partial charge in [0.05, 0.1) is 12.7 Å². The largest absolute Gasteiger partial charge is 0.374 e. The molecular weight excluding hydrogens is 264 g/mol. The SMILES string of the molecule is C=Cc1ccc(C(=O)N2CCO[C@H](CCN(C)C)C2)cc1. The Hall–Kier alpha value is -1.65. The fraction of sp³-hybridized carbons (Fsp3) is 0.471. The van der Waals surface area contributed by atoms with Gasteiger partial charge < -0.3 is 14.5 Å². The summed E-state index contributed by atoms with van der Waals surface area (Å²) in [6, 6.07) is 7.57. The molecule has 1 fully saturated rings. The van der Waals surface area contributed by atoms with Crippen LogP contribution >= 0.6 is 0 Å². The van der Waals surface area contributed by atoms with E-state index >= 15 is 0 Å². The zero-order chi connectivity index (χ0) is 15.2. The normalized spacial score (nSPS) is 18.8. The summed E-state index contributed by atoms with van der Waals surface area (Å²) in [7, 11) is 4.10. The quantitative estimate of drug-likeness (QED) is 0.832. The van der Waals surface area contributed by atoms with E-state index in [4.69, 9.17) is 4.74 Å². The second-order valence-corrected chi connectivity index (χ2v) is 5.66. The standard InChI is InChI=1S/C17H24N2O2/c1-4-14-5-7-15(8-6-14)17(20)19-11-12-21-16(13-19)9-10-18(2)3/h4-8,16H,1,9-13H2,2-3H3/t16-/m1/s1. The summed E-state index contributed by atoms with van der Waals surface area (Å²) < 4.78 is 5.75. The van der Waals surface area contributed by atoms with Gasteiger partial charge >= 0.3 is 0 Å². The van der Waals surface area contributed by atoms with Gasteiger partial charge in [-0.25, -0.2) is 0 Å². The first-order valence-corrected chi connectivity index (χ1v) is 7.38. The summed E-state index contributed by atoms with van der Waals surface area (Å²) in [6.45, 7) is 6.66. The van der Waals surface area contributed by atoms with Crippen molar-refractivity contribution in [1.29, 1.82) is 0 Å². The zero-order valence-corrected chi connectivity index (χ0v) is 12.9. The molecule has 2 rings (SSSR count). The average Bonchev–Trinajstić information content (AvgIpc) is 2.52. The van der Waals surface area contributed by atoms with Crippen LogP contribution in [0, 0.1) is 0 Å². The van der Waals surface area contributed by atoms with E-state index in [2.05, 4.69) is 11.5 Å². The molecule has 0 aliphatic carbocycles. The first-order chi connectivity index (χ1) is 10.1. The maximum Gasteiger partial charge on any atom is 0.254 e. The monoisotopic (exact) mass is 288 g/mol. The molecule has 1 aliphatic heterocycles. The molecule has 0 radical (unpaired) electrons. The van der Waals surface area contributed by atoms with E-state index in [-0.39, 0.29) is 12.0 Å². The lowest BCUT2D eigenvalue weighted by Crippen LogP contribution is -2.46. The van der Waals surface area contributed by atoms with Gasteiger partial charge in [0.1, 0.15) is 0 Å². The van der Waals surface area contributed by atoms with Crippen LogP contribution in [0.4, 0.5) is 0 Å². The summed E-state index contributed by atoms with van der Waals surface area (Å²) in [4.78, 5) is 16.5. The predicted molar refractivity (Wildman–Crippen MR) is 85.3 cm³/mol. The third-order valence-electron chi connectivity index (χ3n) is 3.72. The van der Waals surface area contributed by atoms with E-state index < -0.39 is 0 Å². The summed E-state index contributed by atoms with van der Waals surface area (Å²) in [5.74, 6) is 0.0868. The van der Waals surface area contributed by atoms with Crippen molar-refractivity contribution >= 4 is 12.0 Å². The molecule has 0 aromatic heterocycles. The first kappa shape index (κ1) is 15.7. The third kappa shape index (κ3) is 4.41.